The van der Waals surface area contributed by atoms with Gasteiger partial charge in [-0.1, -0.05) is 0 Å². The van der Waals surface area contributed by atoms with Crippen molar-refractivity contribution in [1.29, 1.82) is 0 Å². The molecule has 0 amide bonds. The van der Waals surface area contributed by atoms with Gasteiger partial charge in [-0.3, -0.25) is 14.0 Å². The Bertz CT molecular complexity index is 374. The first-order chi connectivity index (χ1) is 7.91. The molecule has 0 fully saturated rings. The van der Waals surface area contributed by atoms with E-state index in [-0.39, 0.29) is 0 Å². The molecule has 0 spiro atoms. The Morgan fingerprint density at radius 2 is 1.61 bits per heavy atom. The van der Waals surface area contributed by atoms with Crippen LogP contribution in [0, 0.1) is 0 Å². The first kappa shape index (κ1) is 18.1. The first-order valence-corrected chi connectivity index (χ1v) is 9.49. The van der Waals surface area contributed by atoms with Crippen molar-refractivity contribution in [3.63, 3.8) is 0 Å². The molecule has 0 rings (SSSR count). The molecule has 6 N–H and O–H groups in total. The highest BCUT2D eigenvalue weighted by Crippen LogP contribution is 2.40. The van der Waals surface area contributed by atoms with E-state index in [2.05, 4.69) is 0 Å². The molecule has 0 aromatic rings. The van der Waals surface area contributed by atoms with Crippen LogP contribution in [-0.4, -0.2) is 65.5 Å². The summed E-state index contributed by atoms with van der Waals surface area (Å²) in [6.07, 6.45) is -2.13. The van der Waals surface area contributed by atoms with E-state index in [1.807, 2.05) is 0 Å². The molecule has 108 valence electrons. The summed E-state index contributed by atoms with van der Waals surface area (Å²) in [4.78, 5) is 55.0. The maximum absolute atomic E-state index is 10.8. The van der Waals surface area contributed by atoms with Crippen molar-refractivity contribution in [3.8, 4) is 0 Å². The van der Waals surface area contributed by atoms with E-state index in [4.69, 9.17) is 29.6 Å². The Morgan fingerprint density at radius 1 is 1.11 bits per heavy atom. The first-order valence-electron chi connectivity index (χ1n) is 4.41. The zero-order chi connectivity index (χ0) is 14.6. The summed E-state index contributed by atoms with van der Waals surface area (Å²) in [5, 5.41) is 8.46. The van der Waals surface area contributed by atoms with Gasteiger partial charge in [0.25, 0.3) is 0 Å². The van der Waals surface area contributed by atoms with Gasteiger partial charge in [-0.25, -0.2) is 4.79 Å². The lowest BCUT2D eigenvalue weighted by atomic mass is 10.7. The number of rotatable bonds is 8. The van der Waals surface area contributed by atoms with Gasteiger partial charge < -0.3 is 29.6 Å². The van der Waals surface area contributed by atoms with Crippen LogP contribution in [0.15, 0.2) is 0 Å². The van der Waals surface area contributed by atoms with E-state index >= 15 is 0 Å². The summed E-state index contributed by atoms with van der Waals surface area (Å²) in [6, 6.07) is 0. The number of carboxylic acid groups (broad SMARTS) is 1. The molecule has 10 nitrogen and oxygen atoms in total. The second-order valence-electron chi connectivity index (χ2n) is 3.41. The molecular weight excluding hydrogens is 311 g/mol. The van der Waals surface area contributed by atoms with E-state index in [0.29, 0.717) is 0 Å². The number of hydrogen-bond acceptors (Lipinski definition) is 5. The average Bonchev–Trinajstić information content (AvgIpc) is 2.10. The molecule has 0 aromatic carbocycles. The summed E-state index contributed by atoms with van der Waals surface area (Å²) in [6.45, 7) is -0.429. The molecule has 1 unspecified atom stereocenters. The van der Waals surface area contributed by atoms with Gasteiger partial charge in [0.2, 0.25) is 0 Å². The number of nitrogens with zero attached hydrogens (tertiary/aromatic N) is 1. The van der Waals surface area contributed by atoms with Crippen molar-refractivity contribution >= 4 is 29.1 Å². The Morgan fingerprint density at radius 3 is 1.94 bits per heavy atom. The Hall–Kier alpha value is 0.120. The highest BCUT2D eigenvalue weighted by atomic mass is 31.2. The van der Waals surface area contributed by atoms with Crippen LogP contribution < -0.4 is 0 Å². The Balaban J connectivity index is 4.58. The second kappa shape index (κ2) is 7.05. The van der Waals surface area contributed by atoms with Crippen LogP contribution >= 0.6 is 23.3 Å². The SMILES string of the molecule is O=C(O)P(O)CN(CCP(=O)(O)O)CP(=O)(O)O. The third-order valence-corrected chi connectivity index (χ3v) is 4.31. The quantitative estimate of drug-likeness (QED) is 0.323. The van der Waals surface area contributed by atoms with Crippen molar-refractivity contribution in [3.05, 3.63) is 0 Å². The molecule has 0 radical (unpaired) electrons. The van der Waals surface area contributed by atoms with Crippen molar-refractivity contribution in [2.24, 2.45) is 0 Å². The molecule has 1 atom stereocenters. The van der Waals surface area contributed by atoms with Gasteiger partial charge in [0.15, 0.2) is 8.15 Å². The van der Waals surface area contributed by atoms with Gasteiger partial charge in [-0.05, 0) is 0 Å². The van der Waals surface area contributed by atoms with Gasteiger partial charge in [-0.15, -0.1) is 0 Å². The van der Waals surface area contributed by atoms with Gasteiger partial charge in [0, 0.05) is 6.54 Å². The minimum atomic E-state index is -4.51. The molecule has 0 bridgehead atoms. The zero-order valence-corrected chi connectivity index (χ0v) is 11.7. The number of hydrogen-bond donors (Lipinski definition) is 6. The van der Waals surface area contributed by atoms with Gasteiger partial charge in [-0.2, -0.15) is 0 Å². The fourth-order valence-electron chi connectivity index (χ4n) is 0.968. The average molecular weight is 325 g/mol. The van der Waals surface area contributed by atoms with Crippen LogP contribution in [-0.2, 0) is 9.13 Å². The van der Waals surface area contributed by atoms with Crippen LogP contribution in [0.1, 0.15) is 0 Å². The van der Waals surface area contributed by atoms with Crippen molar-refractivity contribution in [1.82, 2.24) is 4.90 Å². The predicted octanol–water partition coefficient (Wildman–Crippen LogP) is -0.374. The second-order valence-corrected chi connectivity index (χ2v) is 8.27. The highest BCUT2D eigenvalue weighted by molar-refractivity contribution is 7.68. The van der Waals surface area contributed by atoms with Crippen LogP contribution in [0.2, 0.25) is 0 Å². The Kier molecular flexibility index (Phi) is 7.10. The van der Waals surface area contributed by atoms with Gasteiger partial charge in [0.05, 0.1) is 12.4 Å². The molecule has 0 saturated heterocycles. The minimum Gasteiger partial charge on any atom is -0.476 e. The number of carbonyl (C=O) groups is 1. The third kappa shape index (κ3) is 10.1. The molecule has 0 saturated carbocycles. The van der Waals surface area contributed by atoms with Gasteiger partial charge >= 0.3 is 20.9 Å². The maximum atomic E-state index is 10.8. The fourth-order valence-corrected chi connectivity index (χ4v) is 3.17. The van der Waals surface area contributed by atoms with E-state index in [1.165, 1.54) is 0 Å². The zero-order valence-electron chi connectivity index (χ0n) is 9.03. The van der Waals surface area contributed by atoms with Crippen molar-refractivity contribution in [2.75, 3.05) is 25.3 Å². The van der Waals surface area contributed by atoms with E-state index in [0.717, 1.165) is 4.90 Å². The molecule has 18 heavy (non-hydrogen) atoms. The largest absolute Gasteiger partial charge is 0.476 e. The molecule has 0 aliphatic heterocycles. The van der Waals surface area contributed by atoms with E-state index < -0.39 is 54.3 Å². The van der Waals surface area contributed by atoms with Crippen LogP contribution in [0.4, 0.5) is 4.79 Å². The summed E-state index contributed by atoms with van der Waals surface area (Å²) >= 11 is 0. The lowest BCUT2D eigenvalue weighted by molar-refractivity contribution is 0.217. The fraction of sp³-hybridized carbons (Fsp3) is 0.800. The normalized spacial score (nSPS) is 14.8. The van der Waals surface area contributed by atoms with E-state index in [9.17, 15) is 13.9 Å². The van der Waals surface area contributed by atoms with E-state index in [1.54, 1.807) is 0 Å². The van der Waals surface area contributed by atoms with Crippen LogP contribution in [0.5, 0.6) is 0 Å². The molecule has 13 heteroatoms. The summed E-state index contributed by atoms with van der Waals surface area (Å²) < 4.78 is 21.4. The topological polar surface area (TPSA) is 176 Å². The van der Waals surface area contributed by atoms with Crippen LogP contribution in [0.3, 0.4) is 0 Å². The molecule has 0 heterocycles. The highest BCUT2D eigenvalue weighted by Gasteiger charge is 2.26. The minimum absolute atomic E-state index is 0.429. The van der Waals surface area contributed by atoms with Crippen LogP contribution in [0.25, 0.3) is 0 Å². The smallest absolute Gasteiger partial charge is 0.352 e. The summed E-state index contributed by atoms with van der Waals surface area (Å²) in [7, 11) is -11.4. The molecule has 0 aliphatic carbocycles. The standard InChI is InChI=1S/C5H14NO9P3/c7-5(8)16(9)3-6(4-18(13,14)15)1-2-17(10,11)12/h9H,1-4H2,(H,7,8)(H2,10,11,12)(H2,13,14,15). The van der Waals surface area contributed by atoms with Crippen molar-refractivity contribution in [2.45, 2.75) is 0 Å². The predicted molar refractivity (Wildman–Crippen MR) is 62.6 cm³/mol. The molecule has 0 aliphatic rings. The monoisotopic (exact) mass is 325 g/mol. The Labute approximate surface area is 103 Å². The lowest BCUT2D eigenvalue weighted by Gasteiger charge is -2.23. The third-order valence-electron chi connectivity index (χ3n) is 1.65. The lowest BCUT2D eigenvalue weighted by Crippen LogP contribution is -2.29. The summed E-state index contributed by atoms with van der Waals surface area (Å²) in [5.41, 5.74) is -1.53. The molecular formula is C5H14NO9P3. The maximum Gasteiger partial charge on any atom is 0.352 e. The summed E-state index contributed by atoms with van der Waals surface area (Å²) in [5.74, 6) is 0. The van der Waals surface area contributed by atoms with Crippen molar-refractivity contribution < 1.29 is 43.5 Å². The van der Waals surface area contributed by atoms with Gasteiger partial charge in [0.1, 0.15) is 6.29 Å². The molecule has 0 aromatic heterocycles.